The Morgan fingerprint density at radius 2 is 1.81 bits per heavy atom. The Morgan fingerprint density at radius 1 is 1.02 bits per heavy atom. The number of ether oxygens (including phenoxy) is 1. The van der Waals surface area contributed by atoms with E-state index in [9.17, 15) is 13.2 Å². The first-order chi connectivity index (χ1) is 20.8. The summed E-state index contributed by atoms with van der Waals surface area (Å²) in [6, 6.07) is 20.8. The number of hydrogen-bond donors (Lipinski definition) is 2. The molecule has 3 N–H and O–H groups in total. The molecule has 0 aliphatic carbocycles. The van der Waals surface area contributed by atoms with Crippen molar-refractivity contribution in [2.45, 2.75) is 18.4 Å². The van der Waals surface area contributed by atoms with Crippen molar-refractivity contribution in [3.8, 4) is 5.69 Å². The van der Waals surface area contributed by atoms with Crippen LogP contribution in [0.2, 0.25) is 0 Å². The van der Waals surface area contributed by atoms with Gasteiger partial charge >= 0.3 is 0 Å². The SMILES string of the molecule is Cc1nc2ccc(-n3ncc(C(=O)c4cc5cc(CN6CCOCC6)ccc5n4S(=O)(=O)c4ccccc4)c3N)cc2[nH]1. The summed E-state index contributed by atoms with van der Waals surface area (Å²) in [4.78, 5) is 24.1. The van der Waals surface area contributed by atoms with Crippen molar-refractivity contribution >= 4 is 43.6 Å². The third kappa shape index (κ3) is 4.79. The Hall–Kier alpha value is -4.78. The van der Waals surface area contributed by atoms with Crippen LogP contribution in [0.25, 0.3) is 27.6 Å². The lowest BCUT2D eigenvalue weighted by atomic mass is 10.1. The summed E-state index contributed by atoms with van der Waals surface area (Å²) in [5.74, 6) is 0.326. The highest BCUT2D eigenvalue weighted by Gasteiger charge is 2.29. The van der Waals surface area contributed by atoms with Crippen LogP contribution in [0.15, 0.2) is 83.9 Å². The molecule has 3 aromatic carbocycles. The zero-order valence-electron chi connectivity index (χ0n) is 23.4. The van der Waals surface area contributed by atoms with Crippen LogP contribution in [0.3, 0.4) is 0 Å². The van der Waals surface area contributed by atoms with Crippen LogP contribution in [0.1, 0.15) is 27.4 Å². The summed E-state index contributed by atoms with van der Waals surface area (Å²) in [6.07, 6.45) is 1.38. The minimum Gasteiger partial charge on any atom is -0.383 e. The predicted molar refractivity (Wildman–Crippen MR) is 163 cm³/mol. The molecule has 1 aliphatic heterocycles. The van der Waals surface area contributed by atoms with Crippen molar-refractivity contribution in [2.24, 2.45) is 0 Å². The van der Waals surface area contributed by atoms with Gasteiger partial charge in [0, 0.05) is 25.0 Å². The molecule has 0 spiro atoms. The number of hydrogen-bond acceptors (Lipinski definition) is 8. The van der Waals surface area contributed by atoms with Gasteiger partial charge in [-0.05, 0) is 61.0 Å². The summed E-state index contributed by atoms with van der Waals surface area (Å²) in [5.41, 5.74) is 10.2. The van der Waals surface area contributed by atoms with E-state index in [4.69, 9.17) is 10.5 Å². The Morgan fingerprint density at radius 3 is 2.60 bits per heavy atom. The third-order valence-corrected chi connectivity index (χ3v) is 9.47. The molecular weight excluding hydrogens is 566 g/mol. The molecule has 0 atom stereocenters. The molecule has 0 amide bonds. The van der Waals surface area contributed by atoms with Gasteiger partial charge in [-0.2, -0.15) is 5.10 Å². The van der Waals surface area contributed by atoms with Gasteiger partial charge in [0.15, 0.2) is 0 Å². The largest absolute Gasteiger partial charge is 0.383 e. The van der Waals surface area contributed by atoms with Gasteiger partial charge in [0.2, 0.25) is 5.78 Å². The highest BCUT2D eigenvalue weighted by Crippen LogP contribution is 2.30. The first-order valence-corrected chi connectivity index (χ1v) is 15.3. The fourth-order valence-corrected chi connectivity index (χ4v) is 7.14. The Bertz CT molecular complexity index is 2110. The van der Waals surface area contributed by atoms with E-state index in [-0.39, 0.29) is 22.0 Å². The lowest BCUT2D eigenvalue weighted by Gasteiger charge is -2.26. The molecule has 11 nitrogen and oxygen atoms in total. The number of nitrogens with two attached hydrogens (primary N) is 1. The van der Waals surface area contributed by atoms with Crippen molar-refractivity contribution in [3.05, 3.63) is 102 Å². The number of anilines is 1. The van der Waals surface area contributed by atoms with Gasteiger partial charge in [0.05, 0.1) is 52.1 Å². The first kappa shape index (κ1) is 27.1. The smallest absolute Gasteiger partial charge is 0.268 e. The van der Waals surface area contributed by atoms with Crippen molar-refractivity contribution in [1.82, 2.24) is 28.6 Å². The second-order valence-corrected chi connectivity index (χ2v) is 12.4. The molecule has 6 aromatic rings. The average Bonchev–Trinajstić information content (AvgIpc) is 3.71. The number of ketones is 1. The summed E-state index contributed by atoms with van der Waals surface area (Å²) in [5, 5.41) is 5.03. The predicted octanol–water partition coefficient (Wildman–Crippen LogP) is 3.89. The second-order valence-electron chi connectivity index (χ2n) is 10.6. The van der Waals surface area contributed by atoms with Crippen LogP contribution in [0.4, 0.5) is 5.82 Å². The van der Waals surface area contributed by atoms with Crippen LogP contribution in [0.5, 0.6) is 0 Å². The summed E-state index contributed by atoms with van der Waals surface area (Å²) < 4.78 is 36.1. The Balaban J connectivity index is 1.33. The number of nitrogens with one attached hydrogen (secondary N) is 1. The number of fused-ring (bicyclic) bond motifs is 2. The quantitative estimate of drug-likeness (QED) is 0.265. The monoisotopic (exact) mass is 595 g/mol. The number of benzene rings is 3. The second kappa shape index (κ2) is 10.5. The molecule has 1 aliphatic rings. The van der Waals surface area contributed by atoms with Gasteiger partial charge < -0.3 is 15.5 Å². The number of carbonyl (C=O) groups is 1. The summed E-state index contributed by atoms with van der Waals surface area (Å²) >= 11 is 0. The third-order valence-electron chi connectivity index (χ3n) is 7.73. The summed E-state index contributed by atoms with van der Waals surface area (Å²) in [6.45, 7) is 5.56. The van der Waals surface area contributed by atoms with E-state index in [0.29, 0.717) is 36.3 Å². The zero-order chi connectivity index (χ0) is 29.7. The Labute approximate surface area is 247 Å². The fraction of sp³-hybridized carbons (Fsp3) is 0.194. The molecule has 0 saturated carbocycles. The van der Waals surface area contributed by atoms with Gasteiger partial charge in [-0.15, -0.1) is 0 Å². The average molecular weight is 596 g/mol. The number of morpholine rings is 1. The molecule has 4 heterocycles. The van der Waals surface area contributed by atoms with E-state index in [1.165, 1.54) is 23.0 Å². The number of nitrogens with zero attached hydrogens (tertiary/aromatic N) is 5. The lowest BCUT2D eigenvalue weighted by molar-refractivity contribution is 0.0342. The number of rotatable bonds is 7. The maximum atomic E-state index is 14.1. The number of aryl methyl sites for hydroxylation is 1. The van der Waals surface area contributed by atoms with Gasteiger partial charge in [-0.25, -0.2) is 22.1 Å². The van der Waals surface area contributed by atoms with Gasteiger partial charge in [-0.3, -0.25) is 9.69 Å². The molecule has 0 radical (unpaired) electrons. The van der Waals surface area contributed by atoms with Crippen LogP contribution < -0.4 is 5.73 Å². The highest BCUT2D eigenvalue weighted by molar-refractivity contribution is 7.90. The van der Waals surface area contributed by atoms with Gasteiger partial charge in [0.25, 0.3) is 10.0 Å². The number of imidazole rings is 1. The zero-order valence-corrected chi connectivity index (χ0v) is 24.2. The van der Waals surface area contributed by atoms with Crippen molar-refractivity contribution in [2.75, 3.05) is 32.0 Å². The van der Waals surface area contributed by atoms with Crippen molar-refractivity contribution < 1.29 is 17.9 Å². The molecule has 1 saturated heterocycles. The van der Waals surface area contributed by atoms with Gasteiger partial charge in [0.1, 0.15) is 17.3 Å². The topological polar surface area (TPSA) is 141 Å². The highest BCUT2D eigenvalue weighted by atomic mass is 32.2. The number of nitrogen functional groups attached to an aromatic ring is 1. The van der Waals surface area contributed by atoms with Crippen LogP contribution in [-0.2, 0) is 21.3 Å². The molecule has 12 heteroatoms. The van der Waals surface area contributed by atoms with E-state index >= 15 is 0 Å². The van der Waals surface area contributed by atoms with E-state index < -0.39 is 15.8 Å². The number of H-pyrrole nitrogens is 1. The molecule has 43 heavy (non-hydrogen) atoms. The number of carbonyl (C=O) groups excluding carboxylic acids is 1. The Kier molecular flexibility index (Phi) is 6.61. The van der Waals surface area contributed by atoms with Crippen molar-refractivity contribution in [3.63, 3.8) is 0 Å². The normalized spacial score (nSPS) is 14.5. The molecule has 0 unspecified atom stereocenters. The van der Waals surface area contributed by atoms with E-state index in [1.54, 1.807) is 30.3 Å². The van der Waals surface area contributed by atoms with Crippen molar-refractivity contribution in [1.29, 1.82) is 0 Å². The standard InChI is InChI=1S/C31H29N7O4S/c1-20-34-26-9-8-23(17-27(26)35-20)37-31(32)25(18-33-37)30(39)29-16-22-15-21(19-36-11-13-42-14-12-36)7-10-28(22)38(29)43(40,41)24-5-3-2-4-6-24/h2-10,15-18H,11-14,19,32H2,1H3,(H,34,35). The lowest BCUT2D eigenvalue weighted by Crippen LogP contribution is -2.35. The molecule has 0 bridgehead atoms. The minimum atomic E-state index is -4.14. The molecular formula is C31H29N7O4S. The number of aromatic nitrogens is 5. The number of aromatic amines is 1. The molecule has 218 valence electrons. The molecule has 7 rings (SSSR count). The van der Waals surface area contributed by atoms with Crippen LogP contribution >= 0.6 is 0 Å². The van der Waals surface area contributed by atoms with E-state index in [0.717, 1.165) is 39.5 Å². The first-order valence-electron chi connectivity index (χ1n) is 13.9. The van der Waals surface area contributed by atoms with E-state index in [1.807, 2.05) is 37.3 Å². The van der Waals surface area contributed by atoms with Gasteiger partial charge in [-0.1, -0.05) is 24.3 Å². The fourth-order valence-electron chi connectivity index (χ4n) is 5.60. The molecule has 3 aromatic heterocycles. The maximum Gasteiger partial charge on any atom is 0.268 e. The summed E-state index contributed by atoms with van der Waals surface area (Å²) in [7, 11) is -4.14. The minimum absolute atomic E-state index is 0.0201. The maximum absolute atomic E-state index is 14.1. The molecule has 1 fully saturated rings. The van der Waals surface area contributed by atoms with Crippen LogP contribution in [0, 0.1) is 6.92 Å². The van der Waals surface area contributed by atoms with E-state index in [2.05, 4.69) is 20.0 Å². The van der Waals surface area contributed by atoms with Crippen LogP contribution in [-0.4, -0.2) is 69.1 Å².